The van der Waals surface area contributed by atoms with Gasteiger partial charge in [-0.25, -0.2) is 0 Å². The lowest BCUT2D eigenvalue weighted by Crippen LogP contribution is -2.59. The first kappa shape index (κ1) is 34.0. The number of esters is 1. The molecule has 0 aliphatic carbocycles. The molecule has 9 nitrogen and oxygen atoms in total. The Morgan fingerprint density at radius 2 is 1.54 bits per heavy atom. The van der Waals surface area contributed by atoms with Crippen molar-refractivity contribution in [3.8, 4) is 0 Å². The van der Waals surface area contributed by atoms with Crippen molar-refractivity contribution < 1.29 is 44.2 Å². The lowest BCUT2D eigenvalue weighted by molar-refractivity contribution is -0.305. The third-order valence-electron chi connectivity index (χ3n) is 6.41. The van der Waals surface area contributed by atoms with E-state index in [-0.39, 0.29) is 19.2 Å². The van der Waals surface area contributed by atoms with Crippen molar-refractivity contribution in [1.82, 2.24) is 0 Å². The Balaban J connectivity index is 2.36. The fourth-order valence-electron chi connectivity index (χ4n) is 4.08. The summed E-state index contributed by atoms with van der Waals surface area (Å²) in [4.78, 5) is 12.2. The fraction of sp³-hybridized carbons (Fsp3) is 0.893. The molecule has 1 rings (SSSR count). The molecule has 0 amide bonds. The highest BCUT2D eigenvalue weighted by Gasteiger charge is 2.44. The molecule has 1 aliphatic heterocycles. The van der Waals surface area contributed by atoms with Gasteiger partial charge in [0.25, 0.3) is 0 Å². The Morgan fingerprint density at radius 1 is 0.838 bits per heavy atom. The second-order valence-electron chi connectivity index (χ2n) is 9.84. The normalized spacial score (nSPS) is 25.0. The van der Waals surface area contributed by atoms with E-state index in [4.69, 9.17) is 18.9 Å². The standard InChI is InChI=1S/C28H52O9/c1-3-5-7-8-9-10-11-12-13-14-16-18-34-20-22(36-24(30)17-15-6-4-2)21-35-28-27(33)26(32)25(31)23(19-29)37-28/h7-8,22-23,25-29,31-33H,3-6,9-21H2,1-2H3/b8-7-. The van der Waals surface area contributed by atoms with E-state index >= 15 is 0 Å². The topological polar surface area (TPSA) is 135 Å². The van der Waals surface area contributed by atoms with Crippen LogP contribution in [0.4, 0.5) is 0 Å². The van der Waals surface area contributed by atoms with Gasteiger partial charge in [-0.3, -0.25) is 4.79 Å². The number of ether oxygens (including phenoxy) is 4. The zero-order chi connectivity index (χ0) is 27.3. The Morgan fingerprint density at radius 3 is 2.24 bits per heavy atom. The maximum Gasteiger partial charge on any atom is 0.306 e. The first-order valence-electron chi connectivity index (χ1n) is 14.3. The average Bonchev–Trinajstić information content (AvgIpc) is 2.89. The molecule has 0 bridgehead atoms. The molecular formula is C28H52O9. The number of rotatable bonds is 22. The second kappa shape index (κ2) is 21.8. The zero-order valence-corrected chi connectivity index (χ0v) is 23.0. The third kappa shape index (κ3) is 15.2. The lowest BCUT2D eigenvalue weighted by Gasteiger charge is -2.39. The molecule has 0 aromatic carbocycles. The van der Waals surface area contributed by atoms with E-state index in [1.165, 1.54) is 32.1 Å². The van der Waals surface area contributed by atoms with Crippen LogP contribution in [0.25, 0.3) is 0 Å². The van der Waals surface area contributed by atoms with Gasteiger partial charge in [-0.05, 0) is 32.1 Å². The summed E-state index contributed by atoms with van der Waals surface area (Å²) in [6.07, 6.45) is 10.4. The van der Waals surface area contributed by atoms with Gasteiger partial charge in [0, 0.05) is 13.0 Å². The van der Waals surface area contributed by atoms with E-state index in [0.29, 0.717) is 13.0 Å². The molecule has 0 spiro atoms. The molecule has 218 valence electrons. The molecule has 1 fully saturated rings. The molecule has 6 unspecified atom stereocenters. The van der Waals surface area contributed by atoms with Crippen molar-refractivity contribution in [2.45, 2.75) is 134 Å². The van der Waals surface area contributed by atoms with Gasteiger partial charge in [-0.2, -0.15) is 0 Å². The number of carbonyl (C=O) groups excluding carboxylic acids is 1. The van der Waals surface area contributed by atoms with Gasteiger partial charge in [0.2, 0.25) is 0 Å². The van der Waals surface area contributed by atoms with E-state index in [9.17, 15) is 25.2 Å². The summed E-state index contributed by atoms with van der Waals surface area (Å²) in [5, 5.41) is 39.4. The molecule has 0 aromatic heterocycles. The number of hydrogen-bond donors (Lipinski definition) is 4. The Kier molecular flexibility index (Phi) is 20.0. The van der Waals surface area contributed by atoms with E-state index in [2.05, 4.69) is 26.0 Å². The fourth-order valence-corrected chi connectivity index (χ4v) is 4.08. The van der Waals surface area contributed by atoms with Crippen LogP contribution in [0.5, 0.6) is 0 Å². The molecule has 1 aliphatic rings. The monoisotopic (exact) mass is 532 g/mol. The van der Waals surface area contributed by atoms with Crippen LogP contribution in [0.2, 0.25) is 0 Å². The van der Waals surface area contributed by atoms with Gasteiger partial charge >= 0.3 is 5.97 Å². The smallest absolute Gasteiger partial charge is 0.306 e. The molecule has 4 N–H and O–H groups in total. The number of carbonyl (C=O) groups is 1. The highest BCUT2D eigenvalue weighted by molar-refractivity contribution is 5.69. The van der Waals surface area contributed by atoms with Crippen molar-refractivity contribution in [3.05, 3.63) is 12.2 Å². The Bertz CT molecular complexity index is 584. The van der Waals surface area contributed by atoms with Crippen molar-refractivity contribution in [2.24, 2.45) is 0 Å². The van der Waals surface area contributed by atoms with Crippen molar-refractivity contribution >= 4 is 5.97 Å². The highest BCUT2D eigenvalue weighted by Crippen LogP contribution is 2.22. The summed E-state index contributed by atoms with van der Waals surface area (Å²) in [6.45, 7) is 4.27. The molecule has 6 atom stereocenters. The van der Waals surface area contributed by atoms with Crippen molar-refractivity contribution in [2.75, 3.05) is 26.4 Å². The summed E-state index contributed by atoms with van der Waals surface area (Å²) in [6, 6.07) is 0. The molecule has 37 heavy (non-hydrogen) atoms. The molecule has 0 aromatic rings. The molecule has 9 heteroatoms. The number of aliphatic hydroxyl groups is 4. The van der Waals surface area contributed by atoms with E-state index in [1.807, 2.05) is 0 Å². The highest BCUT2D eigenvalue weighted by atomic mass is 16.7. The summed E-state index contributed by atoms with van der Waals surface area (Å²) in [7, 11) is 0. The Hall–Kier alpha value is -1.07. The molecule has 0 radical (unpaired) electrons. The third-order valence-corrected chi connectivity index (χ3v) is 6.41. The molecule has 1 heterocycles. The largest absolute Gasteiger partial charge is 0.457 e. The summed E-state index contributed by atoms with van der Waals surface area (Å²) in [5.74, 6) is -0.344. The number of allylic oxidation sites excluding steroid dienone is 2. The van der Waals surface area contributed by atoms with Gasteiger partial charge in [-0.15, -0.1) is 0 Å². The summed E-state index contributed by atoms with van der Waals surface area (Å²) >= 11 is 0. The Labute approximate surface area is 223 Å². The zero-order valence-electron chi connectivity index (χ0n) is 23.0. The van der Waals surface area contributed by atoms with Gasteiger partial charge in [0.1, 0.15) is 30.5 Å². The quantitative estimate of drug-likeness (QED) is 0.0940. The SMILES string of the molecule is CCC/C=C\CCCCCCCCOCC(COC1OC(CO)C(O)C(O)C1O)OC(=O)CCCCC. The van der Waals surface area contributed by atoms with Gasteiger partial charge < -0.3 is 39.4 Å². The summed E-state index contributed by atoms with van der Waals surface area (Å²) < 4.78 is 22.2. The number of unbranched alkanes of at least 4 members (excludes halogenated alkanes) is 9. The van der Waals surface area contributed by atoms with E-state index in [0.717, 1.165) is 44.9 Å². The molecule has 1 saturated heterocycles. The van der Waals surface area contributed by atoms with Crippen LogP contribution in [-0.4, -0.2) is 89.6 Å². The van der Waals surface area contributed by atoms with Crippen LogP contribution in [-0.2, 0) is 23.7 Å². The van der Waals surface area contributed by atoms with Crippen LogP contribution < -0.4 is 0 Å². The van der Waals surface area contributed by atoms with Crippen LogP contribution in [0, 0.1) is 0 Å². The van der Waals surface area contributed by atoms with Crippen LogP contribution in [0.15, 0.2) is 12.2 Å². The van der Waals surface area contributed by atoms with Gasteiger partial charge in [-0.1, -0.05) is 70.9 Å². The number of aliphatic hydroxyl groups excluding tert-OH is 4. The van der Waals surface area contributed by atoms with E-state index < -0.39 is 43.4 Å². The minimum Gasteiger partial charge on any atom is -0.457 e. The van der Waals surface area contributed by atoms with Crippen LogP contribution in [0.1, 0.15) is 97.3 Å². The van der Waals surface area contributed by atoms with Crippen molar-refractivity contribution in [3.63, 3.8) is 0 Å². The van der Waals surface area contributed by atoms with Crippen molar-refractivity contribution in [1.29, 1.82) is 0 Å². The van der Waals surface area contributed by atoms with Crippen LogP contribution in [0.3, 0.4) is 0 Å². The average molecular weight is 533 g/mol. The van der Waals surface area contributed by atoms with Gasteiger partial charge in [0.05, 0.1) is 19.8 Å². The summed E-state index contributed by atoms with van der Waals surface area (Å²) in [5.41, 5.74) is 0. The second-order valence-corrected chi connectivity index (χ2v) is 9.84. The minimum atomic E-state index is -1.53. The van der Waals surface area contributed by atoms with Gasteiger partial charge in [0.15, 0.2) is 6.29 Å². The molecule has 0 saturated carbocycles. The molecular weight excluding hydrogens is 480 g/mol. The van der Waals surface area contributed by atoms with E-state index in [1.54, 1.807) is 0 Å². The maximum absolute atomic E-state index is 12.2. The number of hydrogen-bond acceptors (Lipinski definition) is 9. The predicted octanol–water partition coefficient (Wildman–Crippen LogP) is 3.40. The van der Waals surface area contributed by atoms with Crippen LogP contribution >= 0.6 is 0 Å². The minimum absolute atomic E-state index is 0.116. The lowest BCUT2D eigenvalue weighted by atomic mass is 9.99. The first-order valence-corrected chi connectivity index (χ1v) is 14.3. The predicted molar refractivity (Wildman–Crippen MR) is 141 cm³/mol. The first-order chi connectivity index (χ1) is 17.9. The maximum atomic E-state index is 12.2.